The van der Waals surface area contributed by atoms with Crippen molar-refractivity contribution in [2.75, 3.05) is 0 Å². The molecule has 2 aromatic rings. The van der Waals surface area contributed by atoms with E-state index >= 15 is 0 Å². The molecule has 1 aliphatic carbocycles. The predicted octanol–water partition coefficient (Wildman–Crippen LogP) is 2.55. The number of H-pyrrole nitrogens is 1. The maximum atomic E-state index is 12.1. The van der Waals surface area contributed by atoms with Crippen molar-refractivity contribution in [2.45, 2.75) is 71.3 Å². The van der Waals surface area contributed by atoms with Gasteiger partial charge in [0.05, 0.1) is 18.0 Å². The first-order valence-corrected chi connectivity index (χ1v) is 8.68. The van der Waals surface area contributed by atoms with Gasteiger partial charge in [-0.1, -0.05) is 24.4 Å². The van der Waals surface area contributed by atoms with E-state index in [1.807, 2.05) is 20.8 Å². The maximum Gasteiger partial charge on any atom is 0.234 e. The van der Waals surface area contributed by atoms with Crippen molar-refractivity contribution < 1.29 is 9.32 Å². The summed E-state index contributed by atoms with van der Waals surface area (Å²) in [5.74, 6) is 0.871. The van der Waals surface area contributed by atoms with Crippen LogP contribution in [0.1, 0.15) is 73.6 Å². The summed E-state index contributed by atoms with van der Waals surface area (Å²) in [6.07, 6.45) is 5.95. The van der Waals surface area contributed by atoms with E-state index in [1.165, 1.54) is 19.3 Å². The molecule has 7 heteroatoms. The predicted molar refractivity (Wildman–Crippen MR) is 88.6 cm³/mol. The number of carbonyl (C=O) groups excluding carboxylic acids is 1. The second-order valence-electron chi connectivity index (χ2n) is 6.70. The molecule has 0 saturated heterocycles. The summed E-state index contributed by atoms with van der Waals surface area (Å²) in [6, 6.07) is 0.299. The second kappa shape index (κ2) is 7.15. The Kier molecular flexibility index (Phi) is 4.97. The molecule has 2 aromatic heterocycles. The highest BCUT2D eigenvalue weighted by Crippen LogP contribution is 2.27. The Hall–Kier alpha value is -2.18. The van der Waals surface area contributed by atoms with E-state index in [9.17, 15) is 4.79 Å². The third-order valence-electron chi connectivity index (χ3n) is 4.76. The van der Waals surface area contributed by atoms with Crippen molar-refractivity contribution in [3.63, 3.8) is 0 Å². The summed E-state index contributed by atoms with van der Waals surface area (Å²) in [5.41, 5.74) is 2.99. The van der Waals surface area contributed by atoms with Crippen molar-refractivity contribution >= 4 is 5.91 Å². The van der Waals surface area contributed by atoms with E-state index in [2.05, 4.69) is 25.7 Å². The fourth-order valence-corrected chi connectivity index (χ4v) is 3.51. The third-order valence-corrected chi connectivity index (χ3v) is 4.76. The fourth-order valence-electron chi connectivity index (χ4n) is 3.51. The van der Waals surface area contributed by atoms with Crippen molar-refractivity contribution in [1.29, 1.82) is 0 Å². The standard InChI is InChI=1S/C17H25N5O2/c1-10(16-11(2)20-21-12(16)3)17-19-14(22-24-17)9-15(23)18-13-7-5-4-6-8-13/h10,13H,4-9H2,1-3H3,(H,18,23)(H,20,21)/t10-/m1/s1. The lowest BCUT2D eigenvalue weighted by Gasteiger charge is -2.22. The molecule has 3 rings (SSSR count). The molecule has 0 radical (unpaired) electrons. The van der Waals surface area contributed by atoms with Gasteiger partial charge in [-0.25, -0.2) is 0 Å². The average molecular weight is 331 g/mol. The lowest BCUT2D eigenvalue weighted by atomic mass is 9.95. The van der Waals surface area contributed by atoms with Gasteiger partial charge in [-0.15, -0.1) is 0 Å². The van der Waals surface area contributed by atoms with E-state index in [4.69, 9.17) is 4.52 Å². The number of amides is 1. The smallest absolute Gasteiger partial charge is 0.234 e. The Morgan fingerprint density at radius 1 is 1.33 bits per heavy atom. The number of aromatic nitrogens is 4. The lowest BCUT2D eigenvalue weighted by molar-refractivity contribution is -0.121. The van der Waals surface area contributed by atoms with Gasteiger partial charge in [-0.3, -0.25) is 9.89 Å². The number of hydrogen-bond donors (Lipinski definition) is 2. The van der Waals surface area contributed by atoms with Crippen LogP contribution in [0.2, 0.25) is 0 Å². The summed E-state index contributed by atoms with van der Waals surface area (Å²) >= 11 is 0. The molecular weight excluding hydrogens is 306 g/mol. The Bertz CT molecular complexity index is 680. The minimum absolute atomic E-state index is 0.0300. The van der Waals surface area contributed by atoms with Crippen LogP contribution in [-0.4, -0.2) is 32.3 Å². The molecule has 0 bridgehead atoms. The Morgan fingerprint density at radius 2 is 2.08 bits per heavy atom. The average Bonchev–Trinajstić information content (AvgIpc) is 3.15. The molecule has 1 aliphatic rings. The van der Waals surface area contributed by atoms with Crippen LogP contribution in [-0.2, 0) is 11.2 Å². The molecule has 1 atom stereocenters. The van der Waals surface area contributed by atoms with Gasteiger partial charge < -0.3 is 9.84 Å². The van der Waals surface area contributed by atoms with Crippen molar-refractivity contribution in [3.05, 3.63) is 28.7 Å². The number of aromatic amines is 1. The fraction of sp³-hybridized carbons (Fsp3) is 0.647. The van der Waals surface area contributed by atoms with Gasteiger partial charge in [0, 0.05) is 17.3 Å². The van der Waals surface area contributed by atoms with Crippen LogP contribution in [0.15, 0.2) is 4.52 Å². The molecule has 0 aromatic carbocycles. The number of hydrogen-bond acceptors (Lipinski definition) is 5. The van der Waals surface area contributed by atoms with Crippen LogP contribution in [0.5, 0.6) is 0 Å². The van der Waals surface area contributed by atoms with Crippen LogP contribution < -0.4 is 5.32 Å². The molecule has 2 heterocycles. The van der Waals surface area contributed by atoms with Gasteiger partial charge in [0.15, 0.2) is 5.82 Å². The van der Waals surface area contributed by atoms with Crippen molar-refractivity contribution in [1.82, 2.24) is 25.7 Å². The summed E-state index contributed by atoms with van der Waals surface area (Å²) in [7, 11) is 0. The molecule has 24 heavy (non-hydrogen) atoms. The van der Waals surface area contributed by atoms with Crippen molar-refractivity contribution in [2.24, 2.45) is 0 Å². The monoisotopic (exact) mass is 331 g/mol. The van der Waals surface area contributed by atoms with Gasteiger partial charge >= 0.3 is 0 Å². The van der Waals surface area contributed by atoms with E-state index < -0.39 is 0 Å². The first-order valence-electron chi connectivity index (χ1n) is 8.68. The molecule has 2 N–H and O–H groups in total. The number of carbonyl (C=O) groups is 1. The van der Waals surface area contributed by atoms with Crippen LogP contribution >= 0.6 is 0 Å². The number of aryl methyl sites for hydroxylation is 2. The van der Waals surface area contributed by atoms with Gasteiger partial charge in [0.25, 0.3) is 0 Å². The van der Waals surface area contributed by atoms with Gasteiger partial charge in [-0.2, -0.15) is 10.1 Å². The zero-order valence-electron chi connectivity index (χ0n) is 14.6. The summed E-state index contributed by atoms with van der Waals surface area (Å²) in [4.78, 5) is 16.6. The first-order chi connectivity index (χ1) is 11.5. The SMILES string of the molecule is Cc1n[nH]c(C)c1[C@@H](C)c1nc(CC(=O)NC2CCCCC2)no1. The lowest BCUT2D eigenvalue weighted by Crippen LogP contribution is -2.37. The summed E-state index contributed by atoms with van der Waals surface area (Å²) in [6.45, 7) is 5.93. The second-order valence-corrected chi connectivity index (χ2v) is 6.70. The highest BCUT2D eigenvalue weighted by atomic mass is 16.5. The normalized spacial score (nSPS) is 17.0. The molecule has 7 nitrogen and oxygen atoms in total. The van der Waals surface area contributed by atoms with Crippen LogP contribution in [0, 0.1) is 13.8 Å². The molecule has 130 valence electrons. The molecule has 1 saturated carbocycles. The van der Waals surface area contributed by atoms with E-state index in [0.29, 0.717) is 17.8 Å². The molecular formula is C17H25N5O2. The third kappa shape index (κ3) is 3.66. The van der Waals surface area contributed by atoms with E-state index in [-0.39, 0.29) is 18.2 Å². The van der Waals surface area contributed by atoms with Crippen LogP contribution in [0.25, 0.3) is 0 Å². The number of nitrogens with one attached hydrogen (secondary N) is 2. The number of rotatable bonds is 5. The van der Waals surface area contributed by atoms with Gasteiger partial charge in [0.1, 0.15) is 0 Å². The minimum Gasteiger partial charge on any atom is -0.353 e. The first kappa shape index (κ1) is 16.7. The zero-order valence-corrected chi connectivity index (χ0v) is 14.6. The largest absolute Gasteiger partial charge is 0.353 e. The summed E-state index contributed by atoms with van der Waals surface area (Å²) < 4.78 is 5.37. The molecule has 0 aliphatic heterocycles. The van der Waals surface area contributed by atoms with Gasteiger partial charge in [0.2, 0.25) is 11.8 Å². The minimum atomic E-state index is -0.0496. The highest BCUT2D eigenvalue weighted by molar-refractivity contribution is 5.78. The Morgan fingerprint density at radius 3 is 2.75 bits per heavy atom. The number of nitrogens with zero attached hydrogens (tertiary/aromatic N) is 3. The van der Waals surface area contributed by atoms with E-state index in [1.54, 1.807) is 0 Å². The molecule has 1 amide bonds. The molecule has 0 spiro atoms. The zero-order chi connectivity index (χ0) is 17.1. The van der Waals surface area contributed by atoms with Crippen LogP contribution in [0.4, 0.5) is 0 Å². The van der Waals surface area contributed by atoms with Crippen molar-refractivity contribution in [3.8, 4) is 0 Å². The maximum absolute atomic E-state index is 12.1. The van der Waals surface area contributed by atoms with E-state index in [0.717, 1.165) is 29.8 Å². The quantitative estimate of drug-likeness (QED) is 0.877. The summed E-state index contributed by atoms with van der Waals surface area (Å²) in [5, 5.41) is 14.2. The molecule has 1 fully saturated rings. The topological polar surface area (TPSA) is 96.7 Å². The van der Waals surface area contributed by atoms with Gasteiger partial charge in [-0.05, 0) is 33.6 Å². The van der Waals surface area contributed by atoms with Crippen LogP contribution in [0.3, 0.4) is 0 Å². The molecule has 0 unspecified atom stereocenters. The Labute approximate surface area is 141 Å². The highest BCUT2D eigenvalue weighted by Gasteiger charge is 2.23. The Balaban J connectivity index is 1.61.